The van der Waals surface area contributed by atoms with Gasteiger partial charge in [-0.05, 0) is 61.7 Å². The molecule has 94 valence electrons. The number of aromatic nitrogens is 2. The van der Waals surface area contributed by atoms with Crippen molar-refractivity contribution in [3.05, 3.63) is 22.4 Å². The molecule has 0 spiro atoms. The first-order valence-electron chi connectivity index (χ1n) is 6.31. The number of hydrogen-bond donors (Lipinski definition) is 1. The first-order chi connectivity index (χ1) is 8.18. The molecule has 3 nitrogen and oxygen atoms in total. The van der Waals surface area contributed by atoms with E-state index in [-0.39, 0.29) is 0 Å². The number of nitrogens with one attached hydrogen (secondary N) is 1. The molecular formula is C13H20BrN3. The number of nitrogens with zero attached hydrogens (tertiary/aromatic N) is 2. The van der Waals surface area contributed by atoms with Gasteiger partial charge in [0.25, 0.3) is 0 Å². The van der Waals surface area contributed by atoms with E-state index in [1.54, 1.807) is 0 Å². The van der Waals surface area contributed by atoms with Gasteiger partial charge in [-0.1, -0.05) is 6.08 Å². The molecule has 17 heavy (non-hydrogen) atoms. The predicted octanol–water partition coefficient (Wildman–Crippen LogP) is 3.38. The lowest BCUT2D eigenvalue weighted by Gasteiger charge is -2.08. The van der Waals surface area contributed by atoms with Crippen LogP contribution in [0.5, 0.6) is 0 Å². The van der Waals surface area contributed by atoms with Gasteiger partial charge in [0, 0.05) is 12.1 Å². The number of halogens is 1. The van der Waals surface area contributed by atoms with Gasteiger partial charge in [-0.25, -0.2) is 0 Å². The molecule has 2 rings (SSSR count). The third-order valence-corrected chi connectivity index (χ3v) is 3.48. The van der Waals surface area contributed by atoms with Crippen LogP contribution in [0.1, 0.15) is 44.8 Å². The Hall–Kier alpha value is -0.610. The molecule has 0 unspecified atom stereocenters. The van der Waals surface area contributed by atoms with Gasteiger partial charge in [-0.2, -0.15) is 5.10 Å². The average molecular weight is 298 g/mol. The summed E-state index contributed by atoms with van der Waals surface area (Å²) < 4.78 is 3.10. The highest BCUT2D eigenvalue weighted by Gasteiger charge is 2.19. The Morgan fingerprint density at radius 2 is 2.35 bits per heavy atom. The Balaban J connectivity index is 1.87. The minimum Gasteiger partial charge on any atom is -0.314 e. The predicted molar refractivity (Wildman–Crippen MR) is 75.0 cm³/mol. The second kappa shape index (κ2) is 5.83. The van der Waals surface area contributed by atoms with Crippen LogP contribution in [0.15, 0.2) is 16.7 Å². The fraction of sp³-hybridized carbons (Fsp3) is 0.615. The second-order valence-electron chi connectivity index (χ2n) is 4.84. The summed E-state index contributed by atoms with van der Waals surface area (Å²) in [5.41, 5.74) is 1.16. The topological polar surface area (TPSA) is 29.9 Å². The summed E-state index contributed by atoms with van der Waals surface area (Å²) in [7, 11) is 0. The summed E-state index contributed by atoms with van der Waals surface area (Å²) in [6, 6.07) is 1.20. The van der Waals surface area contributed by atoms with Crippen molar-refractivity contribution in [2.45, 2.75) is 45.2 Å². The van der Waals surface area contributed by atoms with Crippen LogP contribution in [0.3, 0.4) is 0 Å². The van der Waals surface area contributed by atoms with Gasteiger partial charge < -0.3 is 5.32 Å². The maximum Gasteiger partial charge on any atom is 0.0752 e. The molecule has 1 heterocycles. The second-order valence-corrected chi connectivity index (χ2v) is 5.69. The molecule has 1 fully saturated rings. The molecule has 1 aromatic heterocycles. The van der Waals surface area contributed by atoms with E-state index in [0.29, 0.717) is 6.04 Å². The maximum atomic E-state index is 4.36. The summed E-state index contributed by atoms with van der Waals surface area (Å²) >= 11 is 3.54. The molecule has 1 N–H and O–H groups in total. The summed E-state index contributed by atoms with van der Waals surface area (Å²) in [6.07, 6.45) is 10.0. The Morgan fingerprint density at radius 1 is 1.59 bits per heavy atom. The Labute approximate surface area is 111 Å². The van der Waals surface area contributed by atoms with Crippen molar-refractivity contribution in [3.8, 4) is 0 Å². The van der Waals surface area contributed by atoms with Gasteiger partial charge >= 0.3 is 0 Å². The largest absolute Gasteiger partial charge is 0.314 e. The van der Waals surface area contributed by atoms with Gasteiger partial charge in [0.05, 0.1) is 16.4 Å². The van der Waals surface area contributed by atoms with E-state index >= 15 is 0 Å². The third kappa shape index (κ3) is 3.68. The first-order valence-corrected chi connectivity index (χ1v) is 7.10. The summed E-state index contributed by atoms with van der Waals surface area (Å²) in [4.78, 5) is 0. The van der Waals surface area contributed by atoms with Gasteiger partial charge in [0.2, 0.25) is 0 Å². The normalized spacial score (nSPS) is 16.2. The molecule has 1 aliphatic carbocycles. The Morgan fingerprint density at radius 3 is 3.00 bits per heavy atom. The monoisotopic (exact) mass is 297 g/mol. The Kier molecular flexibility index (Phi) is 4.40. The maximum absolute atomic E-state index is 4.36. The van der Waals surface area contributed by atoms with Crippen molar-refractivity contribution >= 4 is 22.0 Å². The highest BCUT2D eigenvalue weighted by atomic mass is 79.9. The molecule has 0 saturated heterocycles. The highest BCUT2D eigenvalue weighted by molar-refractivity contribution is 9.10. The summed E-state index contributed by atoms with van der Waals surface area (Å²) in [5, 5.41) is 7.86. The van der Waals surface area contributed by atoms with Crippen molar-refractivity contribution in [2.75, 3.05) is 6.54 Å². The molecular weight excluding hydrogens is 278 g/mol. The van der Waals surface area contributed by atoms with Gasteiger partial charge in [0.1, 0.15) is 0 Å². The van der Waals surface area contributed by atoms with E-state index < -0.39 is 0 Å². The van der Waals surface area contributed by atoms with Crippen LogP contribution in [0.2, 0.25) is 0 Å². The quantitative estimate of drug-likeness (QED) is 0.816. The van der Waals surface area contributed by atoms with E-state index in [9.17, 15) is 0 Å². The fourth-order valence-corrected chi connectivity index (χ4v) is 2.18. The van der Waals surface area contributed by atoms with Crippen molar-refractivity contribution in [1.82, 2.24) is 15.1 Å². The smallest absolute Gasteiger partial charge is 0.0752 e. The molecule has 0 aromatic carbocycles. The molecule has 4 heteroatoms. The SMILES string of the molecule is CC(C)n1ncc(Br)c1/C=C/CCNC1CC1. The lowest BCUT2D eigenvalue weighted by Crippen LogP contribution is -2.16. The van der Waals surface area contributed by atoms with Crippen molar-refractivity contribution in [3.63, 3.8) is 0 Å². The van der Waals surface area contributed by atoms with Crippen molar-refractivity contribution in [2.24, 2.45) is 0 Å². The molecule has 0 amide bonds. The lowest BCUT2D eigenvalue weighted by molar-refractivity contribution is 0.528. The fourth-order valence-electron chi connectivity index (χ4n) is 1.77. The van der Waals surface area contributed by atoms with Crippen LogP contribution in [-0.4, -0.2) is 22.4 Å². The zero-order valence-corrected chi connectivity index (χ0v) is 12.1. The number of hydrogen-bond acceptors (Lipinski definition) is 2. The van der Waals surface area contributed by atoms with Crippen LogP contribution in [0.25, 0.3) is 6.08 Å². The van der Waals surface area contributed by atoms with E-state index in [1.165, 1.54) is 12.8 Å². The van der Waals surface area contributed by atoms with Gasteiger partial charge in [0.15, 0.2) is 0 Å². The van der Waals surface area contributed by atoms with Gasteiger partial charge in [-0.15, -0.1) is 0 Å². The highest BCUT2D eigenvalue weighted by Crippen LogP contribution is 2.21. The zero-order chi connectivity index (χ0) is 12.3. The minimum absolute atomic E-state index is 0.394. The first kappa shape index (κ1) is 12.8. The lowest BCUT2D eigenvalue weighted by atomic mass is 10.3. The number of rotatable bonds is 6. The van der Waals surface area contributed by atoms with Crippen molar-refractivity contribution in [1.29, 1.82) is 0 Å². The summed E-state index contributed by atoms with van der Waals surface area (Å²) in [5.74, 6) is 0. The molecule has 1 aromatic rings. The van der Waals surface area contributed by atoms with Crippen LogP contribution in [0, 0.1) is 0 Å². The molecule has 1 aliphatic rings. The molecule has 0 atom stereocenters. The average Bonchev–Trinajstić information content (AvgIpc) is 3.03. The van der Waals surface area contributed by atoms with E-state index in [4.69, 9.17) is 0 Å². The van der Waals surface area contributed by atoms with Crippen LogP contribution in [-0.2, 0) is 0 Å². The van der Waals surface area contributed by atoms with E-state index in [0.717, 1.165) is 29.2 Å². The van der Waals surface area contributed by atoms with E-state index in [1.807, 2.05) is 10.9 Å². The van der Waals surface area contributed by atoms with Gasteiger partial charge in [-0.3, -0.25) is 4.68 Å². The van der Waals surface area contributed by atoms with Crippen LogP contribution >= 0.6 is 15.9 Å². The zero-order valence-electron chi connectivity index (χ0n) is 10.5. The van der Waals surface area contributed by atoms with Crippen LogP contribution < -0.4 is 5.32 Å². The minimum atomic E-state index is 0.394. The standard InChI is InChI=1S/C13H20BrN3/c1-10(2)17-13(12(14)9-16-17)5-3-4-8-15-11-6-7-11/h3,5,9-11,15H,4,6-8H2,1-2H3/b5-3+. The van der Waals surface area contributed by atoms with Crippen LogP contribution in [0.4, 0.5) is 0 Å². The Bertz CT molecular complexity index is 391. The third-order valence-electron chi connectivity index (χ3n) is 2.87. The van der Waals surface area contributed by atoms with E-state index in [2.05, 4.69) is 52.3 Å². The van der Waals surface area contributed by atoms with Crippen molar-refractivity contribution < 1.29 is 0 Å². The molecule has 0 radical (unpaired) electrons. The molecule has 0 aliphatic heterocycles. The molecule has 1 saturated carbocycles. The summed E-state index contributed by atoms with van der Waals surface area (Å²) in [6.45, 7) is 5.37. The molecule has 0 bridgehead atoms.